The van der Waals surface area contributed by atoms with Crippen LogP contribution in [0.1, 0.15) is 39.9 Å². The van der Waals surface area contributed by atoms with E-state index in [9.17, 15) is 9.59 Å². The predicted octanol–water partition coefficient (Wildman–Crippen LogP) is 2.89. The molecule has 0 bridgehead atoms. The van der Waals surface area contributed by atoms with Gasteiger partial charge in [-0.25, -0.2) is 4.79 Å². The van der Waals surface area contributed by atoms with Gasteiger partial charge in [0, 0.05) is 38.5 Å². The Bertz CT molecular complexity index is 817. The Morgan fingerprint density at radius 3 is 2.56 bits per heavy atom. The standard InChI is InChI=1S/C22H26N2O3/c1-15-7-9-18(10-8-15)20-13-24(14-21(20)23-16(2)25)12-17-5-4-6-19(11-17)22(26)27-3/h4-11,20-21H,12-14H2,1-3H3,(H,23,25)/t20-,21+/m0/s1. The molecule has 1 aliphatic rings. The van der Waals surface area contributed by atoms with Gasteiger partial charge in [-0.05, 0) is 30.2 Å². The van der Waals surface area contributed by atoms with Crippen LogP contribution in [0.15, 0.2) is 48.5 Å². The lowest BCUT2D eigenvalue weighted by Crippen LogP contribution is -2.38. The first-order valence-electron chi connectivity index (χ1n) is 9.19. The molecule has 1 aliphatic heterocycles. The summed E-state index contributed by atoms with van der Waals surface area (Å²) in [6.45, 7) is 6.00. The Balaban J connectivity index is 1.76. The Hall–Kier alpha value is -2.66. The van der Waals surface area contributed by atoms with Crippen LogP contribution in [0.5, 0.6) is 0 Å². The number of nitrogens with zero attached hydrogens (tertiary/aromatic N) is 1. The number of rotatable bonds is 5. The summed E-state index contributed by atoms with van der Waals surface area (Å²) in [5, 5.41) is 3.10. The average Bonchev–Trinajstić information content (AvgIpc) is 3.03. The molecular formula is C22H26N2O3. The maximum atomic E-state index is 11.8. The fourth-order valence-electron chi connectivity index (χ4n) is 3.75. The predicted molar refractivity (Wildman–Crippen MR) is 105 cm³/mol. The molecule has 0 spiro atoms. The number of carbonyl (C=O) groups excluding carboxylic acids is 2. The number of carbonyl (C=O) groups is 2. The lowest BCUT2D eigenvalue weighted by Gasteiger charge is -2.19. The van der Waals surface area contributed by atoms with Crippen molar-refractivity contribution in [2.24, 2.45) is 0 Å². The van der Waals surface area contributed by atoms with Crippen molar-refractivity contribution in [3.8, 4) is 0 Å². The van der Waals surface area contributed by atoms with Crippen LogP contribution in [0.2, 0.25) is 0 Å². The summed E-state index contributed by atoms with van der Waals surface area (Å²) < 4.78 is 4.81. The molecule has 5 nitrogen and oxygen atoms in total. The highest BCUT2D eigenvalue weighted by Crippen LogP contribution is 2.29. The fraction of sp³-hybridized carbons (Fsp3) is 0.364. The number of nitrogens with one attached hydrogen (secondary N) is 1. The van der Waals surface area contributed by atoms with Gasteiger partial charge < -0.3 is 10.1 Å². The van der Waals surface area contributed by atoms with Crippen molar-refractivity contribution in [3.05, 3.63) is 70.8 Å². The normalized spacial score (nSPS) is 19.7. The average molecular weight is 366 g/mol. The number of methoxy groups -OCH3 is 1. The molecule has 1 fully saturated rings. The van der Waals surface area contributed by atoms with Crippen molar-refractivity contribution < 1.29 is 14.3 Å². The molecule has 0 aromatic heterocycles. The van der Waals surface area contributed by atoms with Gasteiger partial charge in [0.1, 0.15) is 0 Å². The quantitative estimate of drug-likeness (QED) is 0.827. The highest BCUT2D eigenvalue weighted by atomic mass is 16.5. The number of likely N-dealkylation sites (tertiary alicyclic amines) is 1. The molecule has 5 heteroatoms. The second-order valence-corrected chi connectivity index (χ2v) is 7.21. The summed E-state index contributed by atoms with van der Waals surface area (Å²) in [5.74, 6) is -0.0862. The number of benzene rings is 2. The molecule has 2 aromatic rings. The zero-order valence-corrected chi connectivity index (χ0v) is 16.1. The number of amides is 1. The number of hydrogen-bond donors (Lipinski definition) is 1. The van der Waals surface area contributed by atoms with Gasteiger partial charge in [-0.15, -0.1) is 0 Å². The van der Waals surface area contributed by atoms with Crippen molar-refractivity contribution in [1.29, 1.82) is 0 Å². The Morgan fingerprint density at radius 1 is 1.15 bits per heavy atom. The second-order valence-electron chi connectivity index (χ2n) is 7.21. The third-order valence-corrected chi connectivity index (χ3v) is 5.04. The first kappa shape index (κ1) is 19.1. The van der Waals surface area contributed by atoms with Gasteiger partial charge in [-0.2, -0.15) is 0 Å². The Labute approximate surface area is 160 Å². The summed E-state index contributed by atoms with van der Waals surface area (Å²) in [4.78, 5) is 25.7. The molecule has 142 valence electrons. The van der Waals surface area contributed by atoms with Crippen LogP contribution >= 0.6 is 0 Å². The molecule has 0 radical (unpaired) electrons. The minimum atomic E-state index is -0.327. The summed E-state index contributed by atoms with van der Waals surface area (Å²) in [5.41, 5.74) is 4.08. The number of aryl methyl sites for hydroxylation is 1. The third-order valence-electron chi connectivity index (χ3n) is 5.04. The molecule has 2 aromatic carbocycles. The number of ether oxygens (including phenoxy) is 1. The lowest BCUT2D eigenvalue weighted by molar-refractivity contribution is -0.119. The van der Waals surface area contributed by atoms with E-state index in [1.807, 2.05) is 18.2 Å². The molecule has 27 heavy (non-hydrogen) atoms. The van der Waals surface area contributed by atoms with Crippen LogP contribution in [0.25, 0.3) is 0 Å². The smallest absolute Gasteiger partial charge is 0.337 e. The lowest BCUT2D eigenvalue weighted by atomic mass is 9.93. The van der Waals surface area contributed by atoms with E-state index in [1.165, 1.54) is 18.2 Å². The zero-order valence-electron chi connectivity index (χ0n) is 16.1. The van der Waals surface area contributed by atoms with E-state index in [1.54, 1.807) is 13.0 Å². The van der Waals surface area contributed by atoms with Crippen LogP contribution in [-0.2, 0) is 16.1 Å². The van der Waals surface area contributed by atoms with Crippen molar-refractivity contribution in [2.75, 3.05) is 20.2 Å². The van der Waals surface area contributed by atoms with E-state index in [4.69, 9.17) is 4.74 Å². The fourth-order valence-corrected chi connectivity index (χ4v) is 3.75. The molecule has 0 saturated carbocycles. The second kappa shape index (κ2) is 8.35. The van der Waals surface area contributed by atoms with Gasteiger partial charge in [0.25, 0.3) is 0 Å². The van der Waals surface area contributed by atoms with Crippen LogP contribution in [0.3, 0.4) is 0 Å². The Morgan fingerprint density at radius 2 is 1.89 bits per heavy atom. The van der Waals surface area contributed by atoms with Gasteiger partial charge in [-0.1, -0.05) is 42.0 Å². The van der Waals surface area contributed by atoms with Gasteiger partial charge in [0.15, 0.2) is 0 Å². The molecule has 0 unspecified atom stereocenters. The van der Waals surface area contributed by atoms with E-state index in [0.29, 0.717) is 5.56 Å². The summed E-state index contributed by atoms with van der Waals surface area (Å²) in [7, 11) is 1.39. The maximum absolute atomic E-state index is 11.8. The van der Waals surface area contributed by atoms with E-state index < -0.39 is 0 Å². The molecule has 0 aliphatic carbocycles. The largest absolute Gasteiger partial charge is 0.465 e. The van der Waals surface area contributed by atoms with E-state index >= 15 is 0 Å². The van der Waals surface area contributed by atoms with Gasteiger partial charge in [0.05, 0.1) is 12.7 Å². The van der Waals surface area contributed by atoms with E-state index in [-0.39, 0.29) is 23.8 Å². The van der Waals surface area contributed by atoms with Crippen molar-refractivity contribution >= 4 is 11.9 Å². The van der Waals surface area contributed by atoms with Gasteiger partial charge >= 0.3 is 5.97 Å². The number of esters is 1. The van der Waals surface area contributed by atoms with Crippen LogP contribution < -0.4 is 5.32 Å². The van der Waals surface area contributed by atoms with Crippen LogP contribution in [0.4, 0.5) is 0 Å². The highest BCUT2D eigenvalue weighted by molar-refractivity contribution is 5.89. The molecule has 1 heterocycles. The Kier molecular flexibility index (Phi) is 5.91. The zero-order chi connectivity index (χ0) is 19.4. The van der Waals surface area contributed by atoms with Crippen molar-refractivity contribution in [1.82, 2.24) is 10.2 Å². The van der Waals surface area contributed by atoms with E-state index in [0.717, 1.165) is 25.2 Å². The van der Waals surface area contributed by atoms with Crippen LogP contribution in [-0.4, -0.2) is 43.0 Å². The monoisotopic (exact) mass is 366 g/mol. The van der Waals surface area contributed by atoms with E-state index in [2.05, 4.69) is 41.4 Å². The van der Waals surface area contributed by atoms with Crippen LogP contribution in [0, 0.1) is 6.92 Å². The van der Waals surface area contributed by atoms with Crippen molar-refractivity contribution in [3.63, 3.8) is 0 Å². The molecular weight excluding hydrogens is 340 g/mol. The highest BCUT2D eigenvalue weighted by Gasteiger charge is 2.34. The third kappa shape index (κ3) is 4.74. The van der Waals surface area contributed by atoms with Gasteiger partial charge in [-0.3, -0.25) is 9.69 Å². The topological polar surface area (TPSA) is 58.6 Å². The summed E-state index contributed by atoms with van der Waals surface area (Å²) in [6, 6.07) is 16.1. The molecule has 2 atom stereocenters. The maximum Gasteiger partial charge on any atom is 0.337 e. The van der Waals surface area contributed by atoms with Crippen molar-refractivity contribution in [2.45, 2.75) is 32.4 Å². The minimum absolute atomic E-state index is 0.00773. The summed E-state index contributed by atoms with van der Waals surface area (Å²) >= 11 is 0. The molecule has 1 saturated heterocycles. The molecule has 1 amide bonds. The summed E-state index contributed by atoms with van der Waals surface area (Å²) in [6.07, 6.45) is 0. The first-order chi connectivity index (χ1) is 13.0. The first-order valence-corrected chi connectivity index (χ1v) is 9.19. The minimum Gasteiger partial charge on any atom is -0.465 e. The molecule has 3 rings (SSSR count). The molecule has 1 N–H and O–H groups in total. The SMILES string of the molecule is COC(=O)c1cccc(CN2C[C@@H](NC(C)=O)[C@H](c3ccc(C)cc3)C2)c1. The number of hydrogen-bond acceptors (Lipinski definition) is 4. The van der Waals surface area contributed by atoms with Gasteiger partial charge in [0.2, 0.25) is 5.91 Å².